The number of quaternary nitrogens is 1. The molecule has 0 radical (unpaired) electrons. The first-order valence-corrected chi connectivity index (χ1v) is 10.4. The standard InChI is InChI=1S/C21H25N3O2S/c1-16-4-2-3-5-18(16)15-24-19(14-17-6-13-27-21(17)24)20(25)22-7-8-23-9-11-26-12-10-23/h2-6,13-14H,7-12,15H2,1H3,(H,22,25)/p+1. The van der Waals surface area contributed by atoms with Gasteiger partial charge in [0.2, 0.25) is 0 Å². The smallest absolute Gasteiger partial charge is 0.268 e. The molecule has 6 heteroatoms. The first-order chi connectivity index (χ1) is 13.2. The van der Waals surface area contributed by atoms with Gasteiger partial charge < -0.3 is 19.5 Å². The molecule has 1 amide bonds. The molecule has 0 unspecified atom stereocenters. The second kappa shape index (κ2) is 8.25. The summed E-state index contributed by atoms with van der Waals surface area (Å²) < 4.78 is 7.54. The Labute approximate surface area is 163 Å². The average Bonchev–Trinajstić information content (AvgIpc) is 3.27. The normalized spacial score (nSPS) is 15.3. The number of fused-ring (bicyclic) bond motifs is 1. The number of aromatic nitrogens is 1. The SMILES string of the molecule is Cc1ccccc1Cn1c(C(=O)NCC[NH+]2CCOCC2)cc2ccsc21. The Morgan fingerprint density at radius 3 is 2.89 bits per heavy atom. The van der Waals surface area contributed by atoms with Gasteiger partial charge in [-0.15, -0.1) is 11.3 Å². The van der Waals surface area contributed by atoms with Crippen molar-refractivity contribution in [2.75, 3.05) is 39.4 Å². The maximum absolute atomic E-state index is 12.9. The Morgan fingerprint density at radius 2 is 2.07 bits per heavy atom. The number of carbonyl (C=O) groups is 1. The maximum Gasteiger partial charge on any atom is 0.268 e. The first-order valence-electron chi connectivity index (χ1n) is 9.53. The lowest BCUT2D eigenvalue weighted by molar-refractivity contribution is -0.906. The summed E-state index contributed by atoms with van der Waals surface area (Å²) in [4.78, 5) is 15.5. The molecule has 27 heavy (non-hydrogen) atoms. The number of hydrogen-bond acceptors (Lipinski definition) is 3. The number of rotatable bonds is 6. The average molecular weight is 385 g/mol. The lowest BCUT2D eigenvalue weighted by Gasteiger charge is -2.23. The molecule has 5 nitrogen and oxygen atoms in total. The summed E-state index contributed by atoms with van der Waals surface area (Å²) in [6, 6.07) is 12.5. The van der Waals surface area contributed by atoms with Crippen molar-refractivity contribution in [3.05, 3.63) is 58.6 Å². The number of hydrogen-bond donors (Lipinski definition) is 2. The zero-order chi connectivity index (χ0) is 18.6. The monoisotopic (exact) mass is 384 g/mol. The molecule has 0 saturated carbocycles. The van der Waals surface area contributed by atoms with Crippen LogP contribution in [0.15, 0.2) is 41.8 Å². The molecule has 4 rings (SSSR count). The van der Waals surface area contributed by atoms with E-state index < -0.39 is 0 Å². The van der Waals surface area contributed by atoms with Gasteiger partial charge in [-0.2, -0.15) is 0 Å². The lowest BCUT2D eigenvalue weighted by atomic mass is 10.1. The lowest BCUT2D eigenvalue weighted by Crippen LogP contribution is -3.14. The molecule has 0 atom stereocenters. The van der Waals surface area contributed by atoms with Crippen LogP contribution in [0.25, 0.3) is 10.2 Å². The predicted octanol–water partition coefficient (Wildman–Crippen LogP) is 1.70. The molecular weight excluding hydrogens is 358 g/mol. The Bertz CT molecular complexity index is 925. The van der Waals surface area contributed by atoms with Crippen LogP contribution in [0, 0.1) is 6.92 Å². The molecule has 1 saturated heterocycles. The zero-order valence-corrected chi connectivity index (χ0v) is 16.5. The van der Waals surface area contributed by atoms with E-state index in [9.17, 15) is 4.79 Å². The van der Waals surface area contributed by atoms with E-state index in [1.54, 1.807) is 11.3 Å². The Morgan fingerprint density at radius 1 is 1.26 bits per heavy atom. The van der Waals surface area contributed by atoms with E-state index in [4.69, 9.17) is 4.74 Å². The van der Waals surface area contributed by atoms with E-state index in [1.807, 2.05) is 6.07 Å². The summed E-state index contributed by atoms with van der Waals surface area (Å²) in [6.07, 6.45) is 0. The van der Waals surface area contributed by atoms with Crippen LogP contribution < -0.4 is 10.2 Å². The summed E-state index contributed by atoms with van der Waals surface area (Å²) in [5.74, 6) is 0.0136. The number of morpholine rings is 1. The second-order valence-electron chi connectivity index (χ2n) is 7.09. The fraction of sp³-hybridized carbons (Fsp3) is 0.381. The van der Waals surface area contributed by atoms with Crippen LogP contribution in [0.1, 0.15) is 21.6 Å². The van der Waals surface area contributed by atoms with Crippen LogP contribution in [-0.2, 0) is 11.3 Å². The minimum absolute atomic E-state index is 0.0136. The van der Waals surface area contributed by atoms with Crippen molar-refractivity contribution in [1.82, 2.24) is 9.88 Å². The molecule has 1 fully saturated rings. The van der Waals surface area contributed by atoms with Crippen LogP contribution in [0.3, 0.4) is 0 Å². The summed E-state index contributed by atoms with van der Waals surface area (Å²) in [6.45, 7) is 8.16. The van der Waals surface area contributed by atoms with Crippen molar-refractivity contribution in [3.8, 4) is 0 Å². The van der Waals surface area contributed by atoms with Crippen LogP contribution in [0.5, 0.6) is 0 Å². The highest BCUT2D eigenvalue weighted by atomic mass is 32.1. The van der Waals surface area contributed by atoms with Crippen molar-refractivity contribution >= 4 is 27.5 Å². The molecule has 2 N–H and O–H groups in total. The minimum atomic E-state index is 0.0136. The third kappa shape index (κ3) is 4.08. The molecule has 0 bridgehead atoms. The van der Waals surface area contributed by atoms with Gasteiger partial charge >= 0.3 is 0 Å². The quantitative estimate of drug-likeness (QED) is 0.680. The van der Waals surface area contributed by atoms with Crippen molar-refractivity contribution in [2.24, 2.45) is 0 Å². The molecule has 2 aromatic heterocycles. The first kappa shape index (κ1) is 18.2. The Hall–Kier alpha value is -2.15. The zero-order valence-electron chi connectivity index (χ0n) is 15.7. The van der Waals surface area contributed by atoms with E-state index in [2.05, 4.69) is 52.5 Å². The molecule has 1 aliphatic heterocycles. The van der Waals surface area contributed by atoms with E-state index >= 15 is 0 Å². The predicted molar refractivity (Wildman–Crippen MR) is 109 cm³/mol. The van der Waals surface area contributed by atoms with Gasteiger partial charge in [-0.05, 0) is 35.6 Å². The van der Waals surface area contributed by atoms with E-state index in [1.165, 1.54) is 16.0 Å². The van der Waals surface area contributed by atoms with E-state index in [0.29, 0.717) is 13.1 Å². The Kier molecular flexibility index (Phi) is 5.57. The maximum atomic E-state index is 12.9. The van der Waals surface area contributed by atoms with Crippen molar-refractivity contribution in [1.29, 1.82) is 0 Å². The van der Waals surface area contributed by atoms with Gasteiger partial charge in [0.25, 0.3) is 5.91 Å². The molecule has 1 aliphatic rings. The van der Waals surface area contributed by atoms with Crippen LogP contribution in [0.2, 0.25) is 0 Å². The largest absolute Gasteiger partial charge is 0.370 e. The molecule has 142 valence electrons. The van der Waals surface area contributed by atoms with Gasteiger partial charge in [-0.25, -0.2) is 0 Å². The third-order valence-electron chi connectivity index (χ3n) is 5.29. The summed E-state index contributed by atoms with van der Waals surface area (Å²) >= 11 is 1.69. The topological polar surface area (TPSA) is 47.7 Å². The number of nitrogens with zero attached hydrogens (tertiary/aromatic N) is 1. The van der Waals surface area contributed by atoms with Crippen LogP contribution >= 0.6 is 11.3 Å². The molecule has 0 aliphatic carbocycles. The van der Waals surface area contributed by atoms with Gasteiger partial charge in [0.05, 0.1) is 26.3 Å². The van der Waals surface area contributed by atoms with Crippen molar-refractivity contribution in [2.45, 2.75) is 13.5 Å². The van der Waals surface area contributed by atoms with E-state index in [0.717, 1.165) is 48.8 Å². The van der Waals surface area contributed by atoms with Gasteiger partial charge in [-0.1, -0.05) is 24.3 Å². The van der Waals surface area contributed by atoms with Crippen LogP contribution in [0.4, 0.5) is 0 Å². The number of ether oxygens (including phenoxy) is 1. The van der Waals surface area contributed by atoms with Gasteiger partial charge in [0, 0.05) is 11.9 Å². The number of aryl methyl sites for hydroxylation is 1. The van der Waals surface area contributed by atoms with Crippen LogP contribution in [-0.4, -0.2) is 49.9 Å². The second-order valence-corrected chi connectivity index (χ2v) is 7.99. The molecule has 0 spiro atoms. The highest BCUT2D eigenvalue weighted by Gasteiger charge is 2.18. The number of nitrogens with one attached hydrogen (secondary N) is 2. The number of thiophene rings is 1. The summed E-state index contributed by atoms with van der Waals surface area (Å²) in [5.41, 5.74) is 3.24. The number of amides is 1. The molecule has 3 aromatic rings. The van der Waals surface area contributed by atoms with E-state index in [-0.39, 0.29) is 5.91 Å². The Balaban J connectivity index is 1.49. The fourth-order valence-corrected chi connectivity index (χ4v) is 4.53. The number of carbonyl (C=O) groups excluding carboxylic acids is 1. The molecular formula is C21H26N3O2S+. The van der Waals surface area contributed by atoms with Gasteiger partial charge in [-0.3, -0.25) is 4.79 Å². The third-order valence-corrected chi connectivity index (χ3v) is 6.24. The van der Waals surface area contributed by atoms with Gasteiger partial charge in [0.15, 0.2) is 0 Å². The van der Waals surface area contributed by atoms with Crippen molar-refractivity contribution < 1.29 is 14.4 Å². The highest BCUT2D eigenvalue weighted by molar-refractivity contribution is 7.16. The molecule has 3 heterocycles. The number of benzene rings is 1. The molecule has 1 aromatic carbocycles. The van der Waals surface area contributed by atoms with Gasteiger partial charge in [0.1, 0.15) is 23.6 Å². The summed E-state index contributed by atoms with van der Waals surface area (Å²) in [7, 11) is 0. The van der Waals surface area contributed by atoms with Crippen molar-refractivity contribution in [3.63, 3.8) is 0 Å². The minimum Gasteiger partial charge on any atom is -0.370 e. The summed E-state index contributed by atoms with van der Waals surface area (Å²) in [5, 5.41) is 6.34. The fourth-order valence-electron chi connectivity index (χ4n) is 3.63. The highest BCUT2D eigenvalue weighted by Crippen LogP contribution is 2.27.